The third-order valence-electron chi connectivity index (χ3n) is 2.08. The highest BCUT2D eigenvalue weighted by molar-refractivity contribution is 5.12. The van der Waals surface area contributed by atoms with Crippen LogP contribution in [0.3, 0.4) is 0 Å². The number of unbranched alkanes of at least 4 members (excludes halogenated alkanes) is 1. The molecular formula is C11H19NO. The summed E-state index contributed by atoms with van der Waals surface area (Å²) in [6.45, 7) is 8.59. The summed E-state index contributed by atoms with van der Waals surface area (Å²) in [5.41, 5.74) is 1.17. The van der Waals surface area contributed by atoms with Gasteiger partial charge in [0.25, 0.3) is 0 Å². The highest BCUT2D eigenvalue weighted by atomic mass is 16.5. The number of hydrogen-bond donors (Lipinski definition) is 0. The van der Waals surface area contributed by atoms with E-state index < -0.39 is 0 Å². The van der Waals surface area contributed by atoms with Crippen molar-refractivity contribution < 1.29 is 4.52 Å². The smallest absolute Gasteiger partial charge is 0.142 e. The zero-order valence-corrected chi connectivity index (χ0v) is 9.05. The second-order valence-corrected chi connectivity index (χ2v) is 4.54. The van der Waals surface area contributed by atoms with Crippen molar-refractivity contribution in [2.45, 2.75) is 52.4 Å². The van der Waals surface area contributed by atoms with Crippen molar-refractivity contribution in [3.8, 4) is 0 Å². The van der Waals surface area contributed by atoms with E-state index in [9.17, 15) is 0 Å². The van der Waals surface area contributed by atoms with Crippen LogP contribution in [-0.4, -0.2) is 5.16 Å². The molecule has 1 heterocycles. The minimum atomic E-state index is 0.0808. The summed E-state index contributed by atoms with van der Waals surface area (Å²) >= 11 is 0. The number of aryl methyl sites for hydroxylation is 1. The van der Waals surface area contributed by atoms with Gasteiger partial charge in [0.15, 0.2) is 0 Å². The minimum absolute atomic E-state index is 0.0808. The fourth-order valence-corrected chi connectivity index (χ4v) is 1.14. The predicted molar refractivity (Wildman–Crippen MR) is 53.8 cm³/mol. The molecule has 1 aromatic heterocycles. The molecule has 1 aromatic rings. The zero-order chi connectivity index (χ0) is 9.90. The fourth-order valence-electron chi connectivity index (χ4n) is 1.14. The average molecular weight is 181 g/mol. The Morgan fingerprint density at radius 1 is 1.38 bits per heavy atom. The van der Waals surface area contributed by atoms with Crippen LogP contribution in [-0.2, 0) is 11.8 Å². The van der Waals surface area contributed by atoms with Gasteiger partial charge >= 0.3 is 0 Å². The van der Waals surface area contributed by atoms with Crippen molar-refractivity contribution in [1.29, 1.82) is 0 Å². The van der Waals surface area contributed by atoms with E-state index in [1.54, 1.807) is 0 Å². The highest BCUT2D eigenvalue weighted by Crippen LogP contribution is 2.22. The van der Waals surface area contributed by atoms with Crippen LogP contribution in [0.1, 0.15) is 52.0 Å². The van der Waals surface area contributed by atoms with Crippen LogP contribution < -0.4 is 0 Å². The Kier molecular flexibility index (Phi) is 3.12. The Morgan fingerprint density at radius 2 is 2.08 bits per heavy atom. The molecule has 0 aliphatic heterocycles. The van der Waals surface area contributed by atoms with E-state index in [1.165, 1.54) is 12.8 Å². The topological polar surface area (TPSA) is 26.0 Å². The van der Waals surface area contributed by atoms with Gasteiger partial charge in [0.1, 0.15) is 5.76 Å². The average Bonchev–Trinajstić information content (AvgIpc) is 2.47. The summed E-state index contributed by atoms with van der Waals surface area (Å²) < 4.78 is 5.28. The van der Waals surface area contributed by atoms with Crippen LogP contribution in [0.15, 0.2) is 10.6 Å². The molecule has 0 unspecified atom stereocenters. The molecule has 0 aromatic carbocycles. The van der Waals surface area contributed by atoms with E-state index in [0.29, 0.717) is 0 Å². The first kappa shape index (κ1) is 10.3. The number of hydrogen-bond acceptors (Lipinski definition) is 2. The Labute approximate surface area is 80.3 Å². The lowest BCUT2D eigenvalue weighted by atomic mass is 9.93. The van der Waals surface area contributed by atoms with Gasteiger partial charge in [0.2, 0.25) is 0 Å². The molecule has 0 fully saturated rings. The molecular weight excluding hydrogens is 162 g/mol. The Hall–Kier alpha value is -0.790. The first-order valence-electron chi connectivity index (χ1n) is 5.00. The van der Waals surface area contributed by atoms with Crippen LogP contribution in [0.2, 0.25) is 0 Å². The summed E-state index contributed by atoms with van der Waals surface area (Å²) in [4.78, 5) is 0. The number of rotatable bonds is 3. The molecule has 2 nitrogen and oxygen atoms in total. The van der Waals surface area contributed by atoms with E-state index in [0.717, 1.165) is 17.9 Å². The second kappa shape index (κ2) is 3.95. The van der Waals surface area contributed by atoms with Crippen molar-refractivity contribution in [2.24, 2.45) is 0 Å². The molecule has 0 aliphatic rings. The summed E-state index contributed by atoms with van der Waals surface area (Å²) in [5.74, 6) is 0.985. The SMILES string of the molecule is CCCCc1cc(C(C)(C)C)on1. The normalized spacial score (nSPS) is 12.0. The van der Waals surface area contributed by atoms with Gasteiger partial charge in [-0.1, -0.05) is 39.3 Å². The second-order valence-electron chi connectivity index (χ2n) is 4.54. The molecule has 0 spiro atoms. The van der Waals surface area contributed by atoms with E-state index in [-0.39, 0.29) is 5.41 Å². The van der Waals surface area contributed by atoms with Crippen molar-refractivity contribution in [2.75, 3.05) is 0 Å². The summed E-state index contributed by atoms with van der Waals surface area (Å²) in [7, 11) is 0. The Morgan fingerprint density at radius 3 is 2.54 bits per heavy atom. The van der Waals surface area contributed by atoms with Crippen molar-refractivity contribution in [1.82, 2.24) is 5.16 Å². The standard InChI is InChI=1S/C11H19NO/c1-5-6-7-9-8-10(13-12-9)11(2,3)4/h8H,5-7H2,1-4H3. The highest BCUT2D eigenvalue weighted by Gasteiger charge is 2.19. The van der Waals surface area contributed by atoms with Gasteiger partial charge < -0.3 is 4.52 Å². The Balaban J connectivity index is 2.64. The van der Waals surface area contributed by atoms with Crippen molar-refractivity contribution in [3.05, 3.63) is 17.5 Å². The van der Waals surface area contributed by atoms with E-state index >= 15 is 0 Å². The zero-order valence-electron chi connectivity index (χ0n) is 9.05. The summed E-state index contributed by atoms with van der Waals surface area (Å²) in [6, 6.07) is 2.08. The Bertz CT molecular complexity index is 257. The summed E-state index contributed by atoms with van der Waals surface area (Å²) in [6.07, 6.45) is 3.43. The van der Waals surface area contributed by atoms with Crippen LogP contribution >= 0.6 is 0 Å². The van der Waals surface area contributed by atoms with Gasteiger partial charge in [-0.15, -0.1) is 0 Å². The van der Waals surface area contributed by atoms with Crippen LogP contribution in [0.4, 0.5) is 0 Å². The molecule has 0 N–H and O–H groups in total. The molecule has 0 radical (unpaired) electrons. The van der Waals surface area contributed by atoms with Gasteiger partial charge in [-0.25, -0.2) is 0 Å². The third kappa shape index (κ3) is 2.87. The molecule has 0 aliphatic carbocycles. The maximum atomic E-state index is 5.28. The molecule has 0 saturated carbocycles. The predicted octanol–water partition coefficient (Wildman–Crippen LogP) is 3.31. The molecule has 0 amide bonds. The van der Waals surface area contributed by atoms with Gasteiger partial charge in [0.05, 0.1) is 5.69 Å². The number of aromatic nitrogens is 1. The van der Waals surface area contributed by atoms with Gasteiger partial charge in [0, 0.05) is 11.5 Å². The third-order valence-corrected chi connectivity index (χ3v) is 2.08. The first-order chi connectivity index (χ1) is 6.04. The minimum Gasteiger partial charge on any atom is -0.361 e. The lowest BCUT2D eigenvalue weighted by molar-refractivity contribution is 0.325. The molecule has 0 saturated heterocycles. The van der Waals surface area contributed by atoms with E-state index in [4.69, 9.17) is 4.52 Å². The summed E-state index contributed by atoms with van der Waals surface area (Å²) in [5, 5.41) is 4.05. The first-order valence-corrected chi connectivity index (χ1v) is 5.00. The maximum absolute atomic E-state index is 5.28. The fraction of sp³-hybridized carbons (Fsp3) is 0.727. The van der Waals surface area contributed by atoms with Crippen molar-refractivity contribution >= 4 is 0 Å². The lowest BCUT2D eigenvalue weighted by Gasteiger charge is -2.12. The molecule has 13 heavy (non-hydrogen) atoms. The molecule has 2 heteroatoms. The number of nitrogens with zero attached hydrogens (tertiary/aromatic N) is 1. The van der Waals surface area contributed by atoms with Gasteiger partial charge in [-0.3, -0.25) is 0 Å². The molecule has 0 bridgehead atoms. The monoisotopic (exact) mass is 181 g/mol. The molecule has 0 atom stereocenters. The van der Waals surface area contributed by atoms with Gasteiger partial charge in [-0.2, -0.15) is 0 Å². The van der Waals surface area contributed by atoms with E-state index in [2.05, 4.69) is 38.9 Å². The maximum Gasteiger partial charge on any atom is 0.142 e. The van der Waals surface area contributed by atoms with E-state index in [1.807, 2.05) is 0 Å². The van der Waals surface area contributed by atoms with Crippen LogP contribution in [0.25, 0.3) is 0 Å². The lowest BCUT2D eigenvalue weighted by Crippen LogP contribution is -2.09. The van der Waals surface area contributed by atoms with Crippen LogP contribution in [0, 0.1) is 0 Å². The van der Waals surface area contributed by atoms with Crippen LogP contribution in [0.5, 0.6) is 0 Å². The largest absolute Gasteiger partial charge is 0.361 e. The van der Waals surface area contributed by atoms with Crippen molar-refractivity contribution in [3.63, 3.8) is 0 Å². The molecule has 74 valence electrons. The molecule has 1 rings (SSSR count). The van der Waals surface area contributed by atoms with Gasteiger partial charge in [-0.05, 0) is 12.8 Å². The quantitative estimate of drug-likeness (QED) is 0.715.